The van der Waals surface area contributed by atoms with Crippen LogP contribution >= 0.6 is 15.9 Å². The number of anilines is 2. The van der Waals surface area contributed by atoms with Crippen molar-refractivity contribution in [3.05, 3.63) is 105 Å². The Morgan fingerprint density at radius 3 is 2.52 bits per heavy atom. The van der Waals surface area contributed by atoms with Gasteiger partial charge in [-0.2, -0.15) is 10.1 Å². The first-order valence-electron chi connectivity index (χ1n) is 14.0. The summed E-state index contributed by atoms with van der Waals surface area (Å²) >= 11 is 3.73. The molecule has 0 saturated carbocycles. The molecule has 2 heterocycles. The minimum atomic E-state index is -0.553. The summed E-state index contributed by atoms with van der Waals surface area (Å²) in [7, 11) is 0. The summed E-state index contributed by atoms with van der Waals surface area (Å²) < 4.78 is 14.8. The smallest absolute Gasteiger partial charge is 0.255 e. The molecular weight excluding hydrogens is 594 g/mol. The van der Waals surface area contributed by atoms with E-state index < -0.39 is 6.04 Å². The SMILES string of the molecule is CCOc1cc(C2C(C(=O)Nc3cccc(C)c3)=C(C)Nc3ncnn32)cc(Br)c1OCc1ccc(C(C)(C)C)cc1. The Hall–Kier alpha value is -4.11. The molecule has 4 aromatic rings. The van der Waals surface area contributed by atoms with Crippen LogP contribution in [0.25, 0.3) is 0 Å². The van der Waals surface area contributed by atoms with Crippen molar-refractivity contribution >= 4 is 33.5 Å². The number of aryl methyl sites for hydroxylation is 1. The van der Waals surface area contributed by atoms with E-state index in [2.05, 4.69) is 81.7 Å². The van der Waals surface area contributed by atoms with E-state index in [9.17, 15) is 4.79 Å². The number of aromatic nitrogens is 3. The van der Waals surface area contributed by atoms with E-state index >= 15 is 0 Å². The van der Waals surface area contributed by atoms with Gasteiger partial charge in [0.25, 0.3) is 5.91 Å². The summed E-state index contributed by atoms with van der Waals surface area (Å²) in [5.74, 6) is 1.49. The quantitative estimate of drug-likeness (QED) is 0.209. The van der Waals surface area contributed by atoms with Gasteiger partial charge in [-0.15, -0.1) is 0 Å². The highest BCUT2D eigenvalue weighted by Gasteiger charge is 2.34. The lowest BCUT2D eigenvalue weighted by atomic mass is 9.87. The Kier molecular flexibility index (Phi) is 8.41. The predicted octanol–water partition coefficient (Wildman–Crippen LogP) is 7.55. The highest BCUT2D eigenvalue weighted by molar-refractivity contribution is 9.10. The van der Waals surface area contributed by atoms with Crippen molar-refractivity contribution in [2.24, 2.45) is 0 Å². The third-order valence-electron chi connectivity index (χ3n) is 7.17. The number of rotatable bonds is 8. The first-order valence-corrected chi connectivity index (χ1v) is 14.8. The van der Waals surface area contributed by atoms with Gasteiger partial charge in [0, 0.05) is 11.4 Å². The molecule has 2 N–H and O–H groups in total. The molecular formula is C33H36BrN5O3. The van der Waals surface area contributed by atoms with Crippen molar-refractivity contribution in [3.8, 4) is 11.5 Å². The van der Waals surface area contributed by atoms with Crippen LogP contribution in [-0.2, 0) is 16.8 Å². The third-order valence-corrected chi connectivity index (χ3v) is 7.75. The highest BCUT2D eigenvalue weighted by Crippen LogP contribution is 2.43. The van der Waals surface area contributed by atoms with Crippen molar-refractivity contribution in [2.45, 2.75) is 59.6 Å². The van der Waals surface area contributed by atoms with Gasteiger partial charge in [-0.25, -0.2) is 4.68 Å². The number of carbonyl (C=O) groups is 1. The van der Waals surface area contributed by atoms with Crippen molar-refractivity contribution in [1.82, 2.24) is 14.8 Å². The Morgan fingerprint density at radius 2 is 1.83 bits per heavy atom. The van der Waals surface area contributed by atoms with Crippen LogP contribution in [-0.4, -0.2) is 27.3 Å². The van der Waals surface area contributed by atoms with E-state index in [-0.39, 0.29) is 11.3 Å². The number of fused-ring (bicyclic) bond motifs is 1. The largest absolute Gasteiger partial charge is 0.490 e. The van der Waals surface area contributed by atoms with Gasteiger partial charge in [0.2, 0.25) is 5.95 Å². The molecule has 1 unspecified atom stereocenters. The summed E-state index contributed by atoms with van der Waals surface area (Å²) in [5.41, 5.74) is 6.21. The number of allylic oxidation sites excluding steroid dienone is 1. The van der Waals surface area contributed by atoms with E-state index in [4.69, 9.17) is 9.47 Å². The molecule has 1 aliphatic rings. The van der Waals surface area contributed by atoms with Crippen molar-refractivity contribution in [2.75, 3.05) is 17.2 Å². The van der Waals surface area contributed by atoms with Crippen LogP contribution in [0.3, 0.4) is 0 Å². The van der Waals surface area contributed by atoms with Crippen LogP contribution in [0, 0.1) is 6.92 Å². The molecule has 0 saturated heterocycles. The molecule has 5 rings (SSSR count). The van der Waals surface area contributed by atoms with Gasteiger partial charge in [-0.3, -0.25) is 4.79 Å². The lowest BCUT2D eigenvalue weighted by Gasteiger charge is -2.29. The zero-order valence-electron chi connectivity index (χ0n) is 24.8. The fourth-order valence-corrected chi connectivity index (χ4v) is 5.59. The molecule has 218 valence electrons. The maximum absolute atomic E-state index is 13.8. The van der Waals surface area contributed by atoms with Gasteiger partial charge in [0.15, 0.2) is 11.5 Å². The first-order chi connectivity index (χ1) is 20.0. The molecule has 1 amide bonds. The van der Waals surface area contributed by atoms with Gasteiger partial charge in [-0.1, -0.05) is 57.2 Å². The van der Waals surface area contributed by atoms with E-state index in [1.165, 1.54) is 11.9 Å². The minimum absolute atomic E-state index is 0.0849. The number of hydrogen-bond acceptors (Lipinski definition) is 6. The van der Waals surface area contributed by atoms with E-state index in [0.29, 0.717) is 46.4 Å². The van der Waals surface area contributed by atoms with Crippen LogP contribution in [0.2, 0.25) is 0 Å². The summed E-state index contributed by atoms with van der Waals surface area (Å²) in [5, 5.41) is 10.8. The summed E-state index contributed by atoms with van der Waals surface area (Å²) in [6, 6.07) is 19.5. The molecule has 9 heteroatoms. The van der Waals surface area contributed by atoms with Crippen LogP contribution in [0.15, 0.2) is 82.7 Å². The van der Waals surface area contributed by atoms with Gasteiger partial charge in [-0.05, 0) is 88.6 Å². The second-order valence-corrected chi connectivity index (χ2v) is 12.3. The minimum Gasteiger partial charge on any atom is -0.490 e. The number of nitrogens with zero attached hydrogens (tertiary/aromatic N) is 3. The lowest BCUT2D eigenvalue weighted by molar-refractivity contribution is -0.113. The molecule has 1 atom stereocenters. The van der Waals surface area contributed by atoms with Crippen molar-refractivity contribution in [1.29, 1.82) is 0 Å². The average Bonchev–Trinajstić information content (AvgIpc) is 3.39. The standard InChI is InChI=1S/C33H36BrN5O3/c1-7-41-27-17-23(16-26(34)30(27)42-18-22-11-13-24(14-12-22)33(4,5)6)29-28(21(3)37-32-35-19-36-39(29)32)31(40)38-25-10-8-9-20(2)15-25/h8-17,19,29H,7,18H2,1-6H3,(H,38,40)(H,35,36,37). The summed E-state index contributed by atoms with van der Waals surface area (Å²) in [6.07, 6.45) is 1.48. The molecule has 1 aromatic heterocycles. The third kappa shape index (κ3) is 6.21. The van der Waals surface area contributed by atoms with Crippen LogP contribution in [0.4, 0.5) is 11.6 Å². The number of ether oxygens (including phenoxy) is 2. The molecule has 3 aromatic carbocycles. The fraction of sp³-hybridized carbons (Fsp3) is 0.303. The fourth-order valence-electron chi connectivity index (χ4n) is 5.02. The maximum Gasteiger partial charge on any atom is 0.255 e. The predicted molar refractivity (Wildman–Crippen MR) is 169 cm³/mol. The number of halogens is 1. The lowest BCUT2D eigenvalue weighted by Crippen LogP contribution is -2.31. The average molecular weight is 631 g/mol. The number of carbonyl (C=O) groups excluding carboxylic acids is 1. The number of nitrogens with one attached hydrogen (secondary N) is 2. The summed E-state index contributed by atoms with van der Waals surface area (Å²) in [6.45, 7) is 13.2. The van der Waals surface area contributed by atoms with Crippen LogP contribution in [0.1, 0.15) is 62.9 Å². The molecule has 42 heavy (non-hydrogen) atoms. The monoisotopic (exact) mass is 629 g/mol. The normalized spacial score (nSPS) is 14.7. The van der Waals surface area contributed by atoms with E-state index in [1.54, 1.807) is 4.68 Å². The topological polar surface area (TPSA) is 90.3 Å². The van der Waals surface area contributed by atoms with Crippen molar-refractivity contribution < 1.29 is 14.3 Å². The number of amides is 1. The molecule has 8 nitrogen and oxygen atoms in total. The Bertz CT molecular complexity index is 1640. The Balaban J connectivity index is 1.48. The van der Waals surface area contributed by atoms with Gasteiger partial charge in [0.05, 0.1) is 16.7 Å². The van der Waals surface area contributed by atoms with Crippen molar-refractivity contribution in [3.63, 3.8) is 0 Å². The first kappa shape index (κ1) is 29.4. The van der Waals surface area contributed by atoms with Crippen LogP contribution < -0.4 is 20.1 Å². The molecule has 0 radical (unpaired) electrons. The number of hydrogen-bond donors (Lipinski definition) is 2. The maximum atomic E-state index is 13.8. The van der Waals surface area contributed by atoms with E-state index in [1.807, 2.05) is 57.2 Å². The molecule has 0 aliphatic carbocycles. The highest BCUT2D eigenvalue weighted by atomic mass is 79.9. The summed E-state index contributed by atoms with van der Waals surface area (Å²) in [4.78, 5) is 18.1. The molecule has 0 spiro atoms. The Labute approximate surface area is 255 Å². The Morgan fingerprint density at radius 1 is 1.07 bits per heavy atom. The zero-order chi connectivity index (χ0) is 30.0. The van der Waals surface area contributed by atoms with Gasteiger partial charge >= 0.3 is 0 Å². The van der Waals surface area contributed by atoms with Crippen LogP contribution in [0.5, 0.6) is 11.5 Å². The number of benzene rings is 3. The molecule has 1 aliphatic heterocycles. The molecule has 0 fully saturated rings. The molecule has 0 bridgehead atoms. The zero-order valence-corrected chi connectivity index (χ0v) is 26.4. The van der Waals surface area contributed by atoms with Gasteiger partial charge in [0.1, 0.15) is 19.0 Å². The second-order valence-electron chi connectivity index (χ2n) is 11.4. The van der Waals surface area contributed by atoms with Gasteiger partial charge < -0.3 is 20.1 Å². The second kappa shape index (κ2) is 12.0. The van der Waals surface area contributed by atoms with E-state index in [0.717, 1.165) is 22.4 Å².